The van der Waals surface area contributed by atoms with Crippen LogP contribution in [-0.4, -0.2) is 113 Å². The molecule has 0 amide bonds. The molecule has 0 radical (unpaired) electrons. The summed E-state index contributed by atoms with van der Waals surface area (Å²) in [5.41, 5.74) is 11.2. The number of esters is 2. The van der Waals surface area contributed by atoms with Crippen LogP contribution in [0.2, 0.25) is 0 Å². The van der Waals surface area contributed by atoms with Crippen LogP contribution in [-0.2, 0) is 55.8 Å². The lowest BCUT2D eigenvalue weighted by atomic mass is 9.98. The van der Waals surface area contributed by atoms with Crippen molar-refractivity contribution >= 4 is 82.1 Å². The van der Waals surface area contributed by atoms with E-state index < -0.39 is 111 Å². The second kappa shape index (κ2) is 17.0. The number of rotatable bonds is 8. The van der Waals surface area contributed by atoms with Gasteiger partial charge in [0.2, 0.25) is 0 Å². The monoisotopic (exact) mass is 919 g/mol. The number of pyridine rings is 1. The molecule has 4 unspecified atom stereocenters. The van der Waals surface area contributed by atoms with E-state index in [-0.39, 0.29) is 33.8 Å². The number of carbonyl (C=O) groups excluding carboxylic acids is 2. The molecule has 10 atom stereocenters. The summed E-state index contributed by atoms with van der Waals surface area (Å²) >= 11 is 0.895. The van der Waals surface area contributed by atoms with Gasteiger partial charge >= 0.3 is 25.5 Å². The quantitative estimate of drug-likeness (QED) is 0.124. The van der Waals surface area contributed by atoms with Crippen LogP contribution >= 0.6 is 36.4 Å². The van der Waals surface area contributed by atoms with Gasteiger partial charge in [0.1, 0.15) is 59.8 Å². The zero-order valence-electron chi connectivity index (χ0n) is 33.1. The minimum atomic E-state index is -4.63. The fourth-order valence-corrected chi connectivity index (χ4v) is 11.7. The van der Waals surface area contributed by atoms with Crippen molar-refractivity contribution in [1.82, 2.24) is 34.1 Å². The van der Waals surface area contributed by atoms with E-state index in [1.165, 1.54) is 40.4 Å². The first-order valence-corrected chi connectivity index (χ1v) is 24.6. The molecule has 0 aliphatic carbocycles. The number of aliphatic hydroxyl groups excluding tert-OH is 1. The number of nitrogens with two attached hydrogens (primary N) is 2. The summed E-state index contributed by atoms with van der Waals surface area (Å²) in [7, 11) is 0. The van der Waals surface area contributed by atoms with Crippen molar-refractivity contribution in [3.05, 3.63) is 31.2 Å². The molecule has 0 aromatic carbocycles. The van der Waals surface area contributed by atoms with E-state index in [2.05, 4.69) is 24.9 Å². The van der Waals surface area contributed by atoms with Crippen LogP contribution < -0.4 is 11.5 Å². The number of nitrogen functional groups attached to an aromatic ring is 2. The largest absolute Gasteiger partial charge is 0.454 e. The number of fused-ring (bicyclic) bond motifs is 5. The Morgan fingerprint density at radius 1 is 0.817 bits per heavy atom. The van der Waals surface area contributed by atoms with Crippen molar-refractivity contribution in [2.45, 2.75) is 90.7 Å². The number of imidazole rings is 2. The molecule has 2 bridgehead atoms. The van der Waals surface area contributed by atoms with Crippen LogP contribution in [0.5, 0.6) is 0 Å². The van der Waals surface area contributed by atoms with E-state index in [4.69, 9.17) is 48.5 Å². The fraction of sp³-hybridized carbons (Fsp3) is 0.606. The highest BCUT2D eigenvalue weighted by atomic mass is 32.7. The van der Waals surface area contributed by atoms with Crippen molar-refractivity contribution in [1.29, 1.82) is 0 Å². The summed E-state index contributed by atoms with van der Waals surface area (Å²) in [5, 5.41) is 11.8. The minimum absolute atomic E-state index is 0.0304. The van der Waals surface area contributed by atoms with Crippen molar-refractivity contribution in [3.63, 3.8) is 0 Å². The molecule has 3 aliphatic rings. The summed E-state index contributed by atoms with van der Waals surface area (Å²) in [6, 6.07) is 1.51. The molecule has 27 heteroatoms. The highest BCUT2D eigenvalue weighted by Gasteiger charge is 2.55. The van der Waals surface area contributed by atoms with Crippen molar-refractivity contribution < 1.29 is 65.3 Å². The number of hydrogen-bond donors (Lipinski definition) is 3. The van der Waals surface area contributed by atoms with Crippen molar-refractivity contribution in [2.24, 2.45) is 10.8 Å². The molecule has 7 heterocycles. The maximum absolute atomic E-state index is 16.9. The maximum atomic E-state index is 16.9. The summed E-state index contributed by atoms with van der Waals surface area (Å²) in [4.78, 5) is 46.3. The van der Waals surface area contributed by atoms with Gasteiger partial charge in [-0.25, -0.2) is 38.4 Å². The van der Waals surface area contributed by atoms with Gasteiger partial charge in [-0.15, -0.1) is 0 Å². The Labute approximate surface area is 349 Å². The SMILES string of the molecule is CC(C)(C)C(=O)OCSP1(=O)OC[C@H]2O[C@@H](n3cnc4c(N)ccnc43)C(F)[C@H]2OP(=O)(SCOC(=O)C(C)(C)C)OC[C@H]2O[C@@H](n3cnc4c(N)ncnc43)C(O1)[C@H]2O. The molecule has 5 N–H and O–H groups in total. The normalized spacial score (nSPS) is 31.6. The van der Waals surface area contributed by atoms with Gasteiger partial charge in [-0.1, -0.05) is 0 Å². The maximum Gasteiger partial charge on any atom is 0.392 e. The van der Waals surface area contributed by atoms with E-state index >= 15 is 4.39 Å². The predicted molar refractivity (Wildman–Crippen MR) is 213 cm³/mol. The molecule has 0 saturated carbocycles. The number of hydrogen-bond acceptors (Lipinski definition) is 22. The molecule has 3 fully saturated rings. The van der Waals surface area contributed by atoms with Gasteiger partial charge in [0.15, 0.2) is 35.7 Å². The molecule has 4 aromatic heterocycles. The molecule has 22 nitrogen and oxygen atoms in total. The van der Waals surface area contributed by atoms with Gasteiger partial charge in [-0.2, -0.15) is 0 Å². The third-order valence-corrected chi connectivity index (χ3v) is 16.0. The number of halogens is 1. The lowest BCUT2D eigenvalue weighted by molar-refractivity contribution is -0.151. The number of alkyl halides is 1. The molecule has 60 heavy (non-hydrogen) atoms. The van der Waals surface area contributed by atoms with Gasteiger partial charge < -0.3 is 35.5 Å². The summed E-state index contributed by atoms with van der Waals surface area (Å²) < 4.78 is 96.2. The van der Waals surface area contributed by atoms with E-state index in [1.54, 1.807) is 41.5 Å². The highest BCUT2D eigenvalue weighted by molar-refractivity contribution is 8.55. The third kappa shape index (κ3) is 9.17. The number of ether oxygens (including phenoxy) is 4. The van der Waals surface area contributed by atoms with Crippen LogP contribution in [0.1, 0.15) is 54.0 Å². The average Bonchev–Trinajstić information content (AvgIpc) is 3.94. The van der Waals surface area contributed by atoms with E-state index in [9.17, 15) is 23.8 Å². The Kier molecular flexibility index (Phi) is 12.6. The molecule has 3 aliphatic heterocycles. The van der Waals surface area contributed by atoms with Gasteiger partial charge in [-0.3, -0.25) is 36.8 Å². The first-order chi connectivity index (χ1) is 28.2. The molecule has 4 aromatic rings. The van der Waals surface area contributed by atoms with Crippen molar-refractivity contribution in [2.75, 3.05) is 36.6 Å². The van der Waals surface area contributed by atoms with E-state index in [1.807, 2.05) is 0 Å². The van der Waals surface area contributed by atoms with Crippen molar-refractivity contribution in [3.8, 4) is 0 Å². The fourth-order valence-electron chi connectivity index (χ4n) is 6.11. The summed E-state index contributed by atoms with van der Waals surface area (Å²) in [6.45, 7) is -0.961. The standard InChI is InChI=1S/C33H44FN9O13P2S2/c1-32(2,3)30(45)49-14-59-57(47)51-9-17-22(44)24(29(53-17)43-13-41-21-25(36)38-11-39-27(21)43)56-58(48,60-15-50-31(46)33(4,5)6)52-10-18-23(55-57)19(34)28(54-18)42-12-40-20-16(35)7-8-37-26(20)42/h7-8,11-13,17-19,22-24,28-29,44H,9-10,14-15H2,1-6H3,(H2,35,37)(H2,36,38,39)/t17-,18-,19?,22+,23+,24?,28-,29-,57?,58?/m1/s1. The number of carbonyl (C=O) groups is 2. The summed E-state index contributed by atoms with van der Waals surface area (Å²) in [6.07, 6.45) is -7.88. The second-order valence-electron chi connectivity index (χ2n) is 15.9. The predicted octanol–water partition coefficient (Wildman–Crippen LogP) is 4.52. The van der Waals surface area contributed by atoms with Gasteiger partial charge in [0, 0.05) is 29.0 Å². The average molecular weight is 920 g/mol. The second-order valence-corrected chi connectivity index (χ2v) is 23.8. The van der Waals surface area contributed by atoms with Gasteiger partial charge in [-0.05, 0) is 47.6 Å². The Morgan fingerprint density at radius 2 is 1.35 bits per heavy atom. The molecular weight excluding hydrogens is 875 g/mol. The first-order valence-electron chi connectivity index (χ1n) is 18.3. The zero-order valence-corrected chi connectivity index (χ0v) is 36.5. The lowest BCUT2D eigenvalue weighted by Crippen LogP contribution is -2.35. The Balaban J connectivity index is 1.26. The van der Waals surface area contributed by atoms with Crippen LogP contribution in [0.15, 0.2) is 31.2 Å². The van der Waals surface area contributed by atoms with Gasteiger partial charge in [0.05, 0.1) is 42.4 Å². The lowest BCUT2D eigenvalue weighted by Gasteiger charge is -2.28. The highest BCUT2D eigenvalue weighted by Crippen LogP contribution is 2.66. The van der Waals surface area contributed by atoms with Crippen LogP contribution in [0.4, 0.5) is 15.9 Å². The van der Waals surface area contributed by atoms with Crippen LogP contribution in [0.3, 0.4) is 0 Å². The number of anilines is 2. The molecule has 0 spiro atoms. The molecular formula is C33H44FN9O13P2S2. The first kappa shape index (κ1) is 44.6. The molecule has 3 saturated heterocycles. The van der Waals surface area contributed by atoms with Crippen LogP contribution in [0.25, 0.3) is 22.3 Å². The smallest absolute Gasteiger partial charge is 0.392 e. The minimum Gasteiger partial charge on any atom is -0.454 e. The zero-order chi connectivity index (χ0) is 43.4. The Bertz CT molecular complexity index is 2350. The molecule has 7 rings (SSSR count). The summed E-state index contributed by atoms with van der Waals surface area (Å²) in [5.74, 6) is -2.34. The van der Waals surface area contributed by atoms with Crippen LogP contribution in [0, 0.1) is 10.8 Å². The number of nitrogens with zero attached hydrogens (tertiary/aromatic N) is 7. The Hall–Kier alpha value is -3.48. The van der Waals surface area contributed by atoms with Gasteiger partial charge in [0.25, 0.3) is 0 Å². The van der Waals surface area contributed by atoms with E-state index in [0.29, 0.717) is 22.8 Å². The molecule has 328 valence electrons. The Morgan fingerprint density at radius 3 is 1.97 bits per heavy atom. The topological polar surface area (TPSA) is 289 Å². The van der Waals surface area contributed by atoms with E-state index in [0.717, 1.165) is 0 Å². The number of aromatic nitrogens is 7. The third-order valence-electron chi connectivity index (χ3n) is 9.33. The number of aliphatic hydroxyl groups is 1.